The van der Waals surface area contributed by atoms with Crippen LogP contribution >= 0.6 is 0 Å². The first-order valence-corrected chi connectivity index (χ1v) is 5.19. The Morgan fingerprint density at radius 2 is 1.88 bits per heavy atom. The number of amides is 1. The van der Waals surface area contributed by atoms with E-state index < -0.39 is 30.6 Å². The molecule has 0 aliphatic rings. The lowest BCUT2D eigenvalue weighted by Crippen LogP contribution is -2.48. The number of aliphatic carboxylic acids is 1. The van der Waals surface area contributed by atoms with Gasteiger partial charge in [-0.3, -0.25) is 10.0 Å². The summed E-state index contributed by atoms with van der Waals surface area (Å²) in [5, 5.41) is 35.6. The van der Waals surface area contributed by atoms with Crippen LogP contribution in [0, 0.1) is 0 Å². The minimum absolute atomic E-state index is 0.0208. The zero-order chi connectivity index (χ0) is 13.4. The molecule has 0 heterocycles. The topological polar surface area (TPSA) is 144 Å². The van der Waals surface area contributed by atoms with Crippen LogP contribution in [0.25, 0.3) is 0 Å². The maximum Gasteiger partial charge on any atom is 0.329 e. The molecular weight excluding hydrogens is 232 g/mol. The van der Waals surface area contributed by atoms with E-state index in [0.717, 1.165) is 0 Å². The van der Waals surface area contributed by atoms with Crippen molar-refractivity contribution in [1.82, 2.24) is 5.06 Å². The fraction of sp³-hybridized carbons (Fsp3) is 0.778. The van der Waals surface area contributed by atoms with E-state index in [2.05, 4.69) is 0 Å². The molecule has 0 aromatic carbocycles. The highest BCUT2D eigenvalue weighted by molar-refractivity contribution is 5.85. The molecule has 0 spiro atoms. The predicted molar refractivity (Wildman–Crippen MR) is 56.1 cm³/mol. The molecule has 8 nitrogen and oxygen atoms in total. The molecule has 0 aliphatic heterocycles. The third-order valence-corrected chi connectivity index (χ3v) is 2.20. The monoisotopic (exact) mass is 250 g/mol. The maximum absolute atomic E-state index is 11.2. The van der Waals surface area contributed by atoms with Crippen molar-refractivity contribution in [3.8, 4) is 0 Å². The zero-order valence-corrected chi connectivity index (χ0v) is 9.32. The van der Waals surface area contributed by atoms with Gasteiger partial charge in [-0.2, -0.15) is 0 Å². The lowest BCUT2D eigenvalue weighted by molar-refractivity contribution is -0.194. The van der Waals surface area contributed by atoms with Gasteiger partial charge in [0, 0.05) is 0 Å². The van der Waals surface area contributed by atoms with Crippen molar-refractivity contribution in [2.45, 2.75) is 31.4 Å². The average Bonchev–Trinajstić information content (AvgIpc) is 2.31. The summed E-state index contributed by atoms with van der Waals surface area (Å²) in [4.78, 5) is 22.1. The largest absolute Gasteiger partial charge is 0.480 e. The second kappa shape index (κ2) is 7.96. The molecule has 0 saturated heterocycles. The first-order chi connectivity index (χ1) is 7.95. The van der Waals surface area contributed by atoms with Gasteiger partial charge < -0.3 is 21.1 Å². The van der Waals surface area contributed by atoms with Crippen molar-refractivity contribution >= 4 is 11.9 Å². The van der Waals surface area contributed by atoms with Gasteiger partial charge in [-0.25, -0.2) is 9.86 Å². The van der Waals surface area contributed by atoms with Crippen molar-refractivity contribution in [3.05, 3.63) is 0 Å². The van der Waals surface area contributed by atoms with E-state index in [0.29, 0.717) is 19.4 Å². The molecule has 2 unspecified atom stereocenters. The van der Waals surface area contributed by atoms with Crippen LogP contribution in [-0.2, 0) is 9.59 Å². The Morgan fingerprint density at radius 3 is 2.29 bits per heavy atom. The lowest BCUT2D eigenvalue weighted by atomic mass is 10.1. The Morgan fingerprint density at radius 1 is 1.29 bits per heavy atom. The van der Waals surface area contributed by atoms with Gasteiger partial charge >= 0.3 is 5.97 Å². The van der Waals surface area contributed by atoms with Crippen molar-refractivity contribution in [2.24, 2.45) is 5.73 Å². The van der Waals surface area contributed by atoms with E-state index in [-0.39, 0.29) is 11.5 Å². The minimum atomic E-state index is -1.82. The second-order valence-electron chi connectivity index (χ2n) is 3.52. The standard InChI is InChI=1S/C9H18N2O6/c10-4-2-1-3-6(9(15)16)11(17)8(14)7(13)5-12/h6-7,12-13,17H,1-5,10H2,(H,15,16). The molecule has 0 radical (unpaired) electrons. The molecular formula is C9H18N2O6. The number of rotatable bonds is 8. The van der Waals surface area contributed by atoms with Crippen LogP contribution in [-0.4, -0.2) is 62.8 Å². The van der Waals surface area contributed by atoms with E-state index in [4.69, 9.17) is 21.1 Å². The van der Waals surface area contributed by atoms with Crippen LogP contribution in [0.15, 0.2) is 0 Å². The molecule has 0 aromatic heterocycles. The van der Waals surface area contributed by atoms with Gasteiger partial charge in [0.15, 0.2) is 12.1 Å². The smallest absolute Gasteiger partial charge is 0.329 e. The van der Waals surface area contributed by atoms with Crippen molar-refractivity contribution in [3.63, 3.8) is 0 Å². The summed E-state index contributed by atoms with van der Waals surface area (Å²) in [5.41, 5.74) is 5.23. The van der Waals surface area contributed by atoms with Crippen LogP contribution in [0.1, 0.15) is 19.3 Å². The van der Waals surface area contributed by atoms with Crippen LogP contribution in [0.2, 0.25) is 0 Å². The Bertz CT molecular complexity index is 260. The molecule has 1 amide bonds. The molecule has 0 rings (SSSR count). The summed E-state index contributed by atoms with van der Waals surface area (Å²) in [6, 6.07) is -1.45. The summed E-state index contributed by atoms with van der Waals surface area (Å²) in [7, 11) is 0. The maximum atomic E-state index is 11.2. The summed E-state index contributed by atoms with van der Waals surface area (Å²) in [6.07, 6.45) is -0.815. The first kappa shape index (κ1) is 15.8. The van der Waals surface area contributed by atoms with Gasteiger partial charge in [0.25, 0.3) is 5.91 Å². The number of hydrogen-bond acceptors (Lipinski definition) is 6. The second-order valence-corrected chi connectivity index (χ2v) is 3.52. The number of carboxylic acids is 1. The van der Waals surface area contributed by atoms with Crippen LogP contribution in [0.4, 0.5) is 0 Å². The highest BCUT2D eigenvalue weighted by Gasteiger charge is 2.31. The Labute approximate surface area is 98.2 Å². The van der Waals surface area contributed by atoms with Crippen LogP contribution in [0.5, 0.6) is 0 Å². The quantitative estimate of drug-likeness (QED) is 0.193. The number of carbonyl (C=O) groups excluding carboxylic acids is 1. The number of carbonyl (C=O) groups is 2. The number of hydroxylamine groups is 2. The van der Waals surface area contributed by atoms with Gasteiger partial charge in [0.05, 0.1) is 6.61 Å². The number of unbranched alkanes of at least 4 members (excludes halogenated alkanes) is 1. The Hall–Kier alpha value is -1.22. The minimum Gasteiger partial charge on any atom is -0.480 e. The number of carboxylic acid groups (broad SMARTS) is 1. The molecule has 100 valence electrons. The lowest BCUT2D eigenvalue weighted by Gasteiger charge is -2.24. The van der Waals surface area contributed by atoms with Gasteiger partial charge in [0.1, 0.15) is 0 Å². The summed E-state index contributed by atoms with van der Waals surface area (Å²) in [5.74, 6) is -2.63. The molecule has 0 aromatic rings. The third kappa shape index (κ3) is 5.09. The molecule has 2 atom stereocenters. The zero-order valence-electron chi connectivity index (χ0n) is 9.32. The molecule has 0 saturated carbocycles. The molecule has 8 heteroatoms. The summed E-state index contributed by atoms with van der Waals surface area (Å²) in [6.45, 7) is -0.504. The highest BCUT2D eigenvalue weighted by atomic mass is 16.5. The van der Waals surface area contributed by atoms with Crippen LogP contribution < -0.4 is 5.73 Å². The Balaban J connectivity index is 4.48. The fourth-order valence-electron chi connectivity index (χ4n) is 1.22. The molecule has 17 heavy (non-hydrogen) atoms. The SMILES string of the molecule is NCCCCC(C(=O)O)N(O)C(=O)C(O)CO. The van der Waals surface area contributed by atoms with E-state index in [1.165, 1.54) is 0 Å². The highest BCUT2D eigenvalue weighted by Crippen LogP contribution is 2.09. The average molecular weight is 250 g/mol. The van der Waals surface area contributed by atoms with E-state index in [9.17, 15) is 14.8 Å². The van der Waals surface area contributed by atoms with Gasteiger partial charge in [-0.1, -0.05) is 0 Å². The molecule has 0 bridgehead atoms. The van der Waals surface area contributed by atoms with E-state index in [1.54, 1.807) is 0 Å². The summed E-state index contributed by atoms with van der Waals surface area (Å²) < 4.78 is 0. The molecule has 0 fully saturated rings. The number of aliphatic hydroxyl groups excluding tert-OH is 2. The van der Waals surface area contributed by atoms with Crippen molar-refractivity contribution in [2.75, 3.05) is 13.2 Å². The first-order valence-electron chi connectivity index (χ1n) is 5.19. The Kier molecular flexibility index (Phi) is 7.39. The normalized spacial score (nSPS) is 14.1. The third-order valence-electron chi connectivity index (χ3n) is 2.20. The molecule has 6 N–H and O–H groups in total. The predicted octanol–water partition coefficient (Wildman–Crippen LogP) is -1.86. The van der Waals surface area contributed by atoms with Gasteiger partial charge in [-0.05, 0) is 25.8 Å². The fourth-order valence-corrected chi connectivity index (χ4v) is 1.22. The summed E-state index contributed by atoms with van der Waals surface area (Å²) >= 11 is 0. The van der Waals surface area contributed by atoms with Crippen LogP contribution in [0.3, 0.4) is 0 Å². The number of nitrogens with two attached hydrogens (primary N) is 1. The van der Waals surface area contributed by atoms with Crippen molar-refractivity contribution < 1.29 is 30.1 Å². The van der Waals surface area contributed by atoms with Gasteiger partial charge in [-0.15, -0.1) is 0 Å². The van der Waals surface area contributed by atoms with Gasteiger partial charge in [0.2, 0.25) is 0 Å². The van der Waals surface area contributed by atoms with E-state index in [1.807, 2.05) is 0 Å². The number of hydrogen-bond donors (Lipinski definition) is 5. The molecule has 0 aliphatic carbocycles. The number of nitrogens with zero attached hydrogens (tertiary/aromatic N) is 1. The van der Waals surface area contributed by atoms with E-state index >= 15 is 0 Å². The van der Waals surface area contributed by atoms with Crippen molar-refractivity contribution in [1.29, 1.82) is 0 Å². The number of aliphatic hydroxyl groups is 2.